The Balaban J connectivity index is 0.939. The number of nitrogens with zero attached hydrogens (tertiary/aromatic N) is 4. The first-order valence-corrected chi connectivity index (χ1v) is 19.7. The lowest BCUT2D eigenvalue weighted by Crippen LogP contribution is -1.94. The van der Waals surface area contributed by atoms with E-state index in [1.807, 2.05) is 72.8 Å². The maximum Gasteiger partial charge on any atom is 0.227 e. The second-order valence-corrected chi connectivity index (χ2v) is 15.2. The van der Waals surface area contributed by atoms with Gasteiger partial charge < -0.3 is 8.83 Å². The van der Waals surface area contributed by atoms with E-state index >= 15 is 0 Å². The third kappa shape index (κ3) is 6.70. The predicted molar refractivity (Wildman–Crippen MR) is 235 cm³/mol. The molecule has 10 aromatic rings. The van der Waals surface area contributed by atoms with Crippen LogP contribution in [0.5, 0.6) is 0 Å². The summed E-state index contributed by atoms with van der Waals surface area (Å²) in [6, 6.07) is 49.9. The van der Waals surface area contributed by atoms with Gasteiger partial charge in [0.25, 0.3) is 0 Å². The highest BCUT2D eigenvalue weighted by Crippen LogP contribution is 2.38. The first-order chi connectivity index (χ1) is 28.4. The minimum absolute atomic E-state index is 0.456. The van der Waals surface area contributed by atoms with Crippen molar-refractivity contribution in [3.8, 4) is 78.9 Å². The highest BCUT2D eigenvalue weighted by atomic mass is 35.5. The van der Waals surface area contributed by atoms with Gasteiger partial charge in [-0.1, -0.05) is 125 Å². The molecule has 0 saturated carbocycles. The molecule has 6 nitrogen and oxygen atoms in total. The van der Waals surface area contributed by atoms with E-state index in [-0.39, 0.29) is 0 Å². The largest absolute Gasteiger partial charge is 0.434 e. The van der Waals surface area contributed by atoms with Crippen molar-refractivity contribution in [3.05, 3.63) is 178 Å². The molecule has 0 aliphatic rings. The van der Waals surface area contributed by atoms with E-state index in [2.05, 4.69) is 69.5 Å². The summed E-state index contributed by atoms with van der Waals surface area (Å²) in [5.41, 5.74) is 13.4. The monoisotopic (exact) mass is 830 g/mol. The van der Waals surface area contributed by atoms with Gasteiger partial charge in [0.1, 0.15) is 11.0 Å². The maximum absolute atomic E-state index is 6.34. The zero-order valence-corrected chi connectivity index (χ0v) is 33.2. The van der Waals surface area contributed by atoms with Crippen molar-refractivity contribution in [1.29, 1.82) is 0 Å². The lowest BCUT2D eigenvalue weighted by Gasteiger charge is -2.13. The van der Waals surface area contributed by atoms with E-state index in [9.17, 15) is 0 Å². The van der Waals surface area contributed by atoms with E-state index in [0.717, 1.165) is 67.2 Å². The van der Waals surface area contributed by atoms with Crippen molar-refractivity contribution in [2.45, 2.75) is 0 Å². The average Bonchev–Trinajstić information content (AvgIpc) is 3.95. The quantitative estimate of drug-likeness (QED) is 0.159. The minimum Gasteiger partial charge on any atom is -0.434 e. The molecule has 58 heavy (non-hydrogen) atoms. The van der Waals surface area contributed by atoms with Crippen molar-refractivity contribution in [2.24, 2.45) is 0 Å². The Morgan fingerprint density at radius 3 is 1.22 bits per heavy atom. The summed E-state index contributed by atoms with van der Waals surface area (Å²) >= 11 is 25.3. The summed E-state index contributed by atoms with van der Waals surface area (Å²) in [7, 11) is 0. The van der Waals surface area contributed by atoms with Crippen LogP contribution in [0.25, 0.3) is 101 Å². The normalized spacial score (nSPS) is 11.4. The van der Waals surface area contributed by atoms with Gasteiger partial charge in [-0.15, -0.1) is 0 Å². The predicted octanol–water partition coefficient (Wildman–Crippen LogP) is 15.0. The lowest BCUT2D eigenvalue weighted by molar-refractivity contribution is 0.619. The summed E-state index contributed by atoms with van der Waals surface area (Å²) in [4.78, 5) is 18.9. The number of fused-ring (bicyclic) bond motifs is 2. The van der Waals surface area contributed by atoms with Crippen molar-refractivity contribution >= 4 is 68.6 Å². The third-order valence-corrected chi connectivity index (χ3v) is 11.2. The Morgan fingerprint density at radius 2 is 0.776 bits per heavy atom. The molecule has 4 heterocycles. The number of hydrogen-bond donors (Lipinski definition) is 0. The van der Waals surface area contributed by atoms with Gasteiger partial charge in [0, 0.05) is 28.5 Å². The van der Waals surface area contributed by atoms with Gasteiger partial charge in [-0.25, -0.2) is 15.0 Å². The van der Waals surface area contributed by atoms with Gasteiger partial charge in [0.2, 0.25) is 11.8 Å². The van der Waals surface area contributed by atoms with Crippen LogP contribution >= 0.6 is 46.4 Å². The van der Waals surface area contributed by atoms with Crippen LogP contribution in [-0.4, -0.2) is 19.9 Å². The van der Waals surface area contributed by atoms with Crippen LogP contribution in [0.2, 0.25) is 20.1 Å². The molecule has 10 heteroatoms. The van der Waals surface area contributed by atoms with Crippen LogP contribution in [-0.2, 0) is 0 Å². The fourth-order valence-corrected chi connectivity index (χ4v) is 7.74. The van der Waals surface area contributed by atoms with Gasteiger partial charge in [-0.05, 0) is 101 Å². The van der Waals surface area contributed by atoms with E-state index in [1.54, 1.807) is 30.5 Å². The Morgan fingerprint density at radius 1 is 0.345 bits per heavy atom. The molecule has 10 rings (SSSR count). The van der Waals surface area contributed by atoms with Crippen LogP contribution < -0.4 is 0 Å². The van der Waals surface area contributed by atoms with E-state index in [1.165, 1.54) is 0 Å². The summed E-state index contributed by atoms with van der Waals surface area (Å²) in [5.74, 6) is 0.915. The number of aromatic nitrogens is 4. The third-order valence-electron chi connectivity index (χ3n) is 10.00. The van der Waals surface area contributed by atoms with Gasteiger partial charge in [0.15, 0.2) is 11.2 Å². The fraction of sp³-hybridized carbons (Fsp3) is 0. The molecule has 0 fully saturated rings. The van der Waals surface area contributed by atoms with Crippen LogP contribution in [0, 0.1) is 0 Å². The first-order valence-electron chi connectivity index (χ1n) is 18.2. The number of halogens is 4. The molecule has 0 atom stereocenters. The van der Waals surface area contributed by atoms with Crippen molar-refractivity contribution in [1.82, 2.24) is 19.9 Å². The van der Waals surface area contributed by atoms with E-state index < -0.39 is 0 Å². The van der Waals surface area contributed by atoms with Crippen LogP contribution in [0.4, 0.5) is 0 Å². The molecule has 0 aliphatic carbocycles. The van der Waals surface area contributed by atoms with Crippen LogP contribution in [0.3, 0.4) is 0 Å². The molecule has 0 spiro atoms. The number of oxazole rings is 2. The second kappa shape index (κ2) is 14.9. The number of hydrogen-bond acceptors (Lipinski definition) is 6. The van der Waals surface area contributed by atoms with Crippen LogP contribution in [0.1, 0.15) is 0 Å². The lowest BCUT2D eigenvalue weighted by atomic mass is 9.95. The average molecular weight is 833 g/mol. The number of pyridine rings is 2. The van der Waals surface area contributed by atoms with Crippen molar-refractivity contribution in [2.75, 3.05) is 0 Å². The molecule has 0 unspecified atom stereocenters. The summed E-state index contributed by atoms with van der Waals surface area (Å²) in [5, 5.41) is 1.92. The van der Waals surface area contributed by atoms with Crippen molar-refractivity contribution in [3.63, 3.8) is 0 Å². The second-order valence-electron chi connectivity index (χ2n) is 13.6. The highest BCUT2D eigenvalue weighted by Gasteiger charge is 2.17. The topological polar surface area (TPSA) is 77.8 Å². The standard InChI is InChI=1S/C48H26Cl4N4O2/c49-36-21-23-38(51)45-43(36)55-47(57-45)33-16-8-29(9-17-33)27-4-12-31(13-5-27)35-20-25-41(40-3-1-2-26-53-40)54-42(35)32-14-6-28(7-15-32)30-10-18-34(19-11-30)48-56-44-37(50)22-24-39(52)46(44)58-48/h1-26H. The molecule has 0 radical (unpaired) electrons. The zero-order chi connectivity index (χ0) is 39.3. The molecule has 0 saturated heterocycles. The smallest absolute Gasteiger partial charge is 0.227 e. The molecular formula is C48H26Cl4N4O2. The van der Waals surface area contributed by atoms with E-state index in [0.29, 0.717) is 54.1 Å². The van der Waals surface area contributed by atoms with Crippen LogP contribution in [0.15, 0.2) is 167 Å². The Bertz CT molecular complexity index is 3050. The Kier molecular flexibility index (Phi) is 9.27. The molecule has 0 amide bonds. The fourth-order valence-electron chi connectivity index (χ4n) is 6.98. The Labute approximate surface area is 352 Å². The molecular weight excluding hydrogens is 806 g/mol. The zero-order valence-electron chi connectivity index (χ0n) is 30.1. The van der Waals surface area contributed by atoms with Gasteiger partial charge in [0.05, 0.1) is 37.2 Å². The van der Waals surface area contributed by atoms with E-state index in [4.69, 9.17) is 60.2 Å². The van der Waals surface area contributed by atoms with Gasteiger partial charge in [-0.3, -0.25) is 4.98 Å². The molecule has 0 aliphatic heterocycles. The molecule has 278 valence electrons. The molecule has 4 aromatic heterocycles. The number of rotatable bonds is 7. The minimum atomic E-state index is 0.456. The number of benzene rings is 6. The molecule has 0 N–H and O–H groups in total. The van der Waals surface area contributed by atoms with Gasteiger partial charge >= 0.3 is 0 Å². The molecule has 0 bridgehead atoms. The Hall–Kier alpha value is -6.28. The first kappa shape index (κ1) is 36.1. The summed E-state index contributed by atoms with van der Waals surface area (Å²) in [6.45, 7) is 0. The van der Waals surface area contributed by atoms with Gasteiger partial charge in [-0.2, -0.15) is 0 Å². The highest BCUT2D eigenvalue weighted by molar-refractivity contribution is 6.40. The summed E-state index contributed by atoms with van der Waals surface area (Å²) < 4.78 is 12.0. The maximum atomic E-state index is 6.34. The van der Waals surface area contributed by atoms with Crippen molar-refractivity contribution < 1.29 is 8.83 Å². The molecule has 6 aromatic carbocycles. The summed E-state index contributed by atoms with van der Waals surface area (Å²) in [6.07, 6.45) is 1.78. The SMILES string of the molecule is Clc1ccc(Cl)c2oc(-c3ccc(-c4ccc(-c5ccc(-c6ccccn6)nc5-c5ccc(-c6ccc(-c7nc8c(Cl)ccc(Cl)c8o7)cc6)cc5)cc4)cc3)nc12.